The summed E-state index contributed by atoms with van der Waals surface area (Å²) in [6, 6.07) is -0.345. The zero-order valence-electron chi connectivity index (χ0n) is 10.1. The molecule has 0 aliphatic carbocycles. The van der Waals surface area contributed by atoms with E-state index in [4.69, 9.17) is 15.6 Å². The predicted octanol–water partition coefficient (Wildman–Crippen LogP) is -0.327. The van der Waals surface area contributed by atoms with Gasteiger partial charge in [0.1, 0.15) is 5.92 Å². The number of carboxylic acid groups (broad SMARTS) is 1. The average Bonchev–Trinajstić information content (AvgIpc) is 2.76. The molecule has 1 amide bonds. The van der Waals surface area contributed by atoms with Crippen LogP contribution in [0.5, 0.6) is 0 Å². The summed E-state index contributed by atoms with van der Waals surface area (Å²) in [7, 11) is 0. The van der Waals surface area contributed by atoms with Crippen molar-refractivity contribution in [2.45, 2.75) is 25.8 Å². The van der Waals surface area contributed by atoms with E-state index < -0.39 is 11.9 Å². The third-order valence-corrected chi connectivity index (χ3v) is 3.02. The van der Waals surface area contributed by atoms with Gasteiger partial charge in [-0.25, -0.2) is 0 Å². The van der Waals surface area contributed by atoms with Gasteiger partial charge in [-0.3, -0.25) is 9.59 Å². The van der Waals surface area contributed by atoms with E-state index >= 15 is 0 Å². The molecule has 6 nitrogen and oxygen atoms in total. The maximum Gasteiger partial charge on any atom is 0.311 e. The first kappa shape index (κ1) is 13.9. The lowest BCUT2D eigenvalue weighted by molar-refractivity contribution is -0.145. The number of nitrogens with zero attached hydrogens (tertiary/aromatic N) is 1. The SMILES string of the molecule is CCN(C(=O)CCCN)C1COCC1C(=O)O. The molecule has 1 aliphatic rings. The Bertz CT molecular complexity index is 283. The number of carboxylic acids is 1. The molecular weight excluding hydrogens is 224 g/mol. The van der Waals surface area contributed by atoms with Crippen molar-refractivity contribution in [2.75, 3.05) is 26.3 Å². The number of aliphatic carboxylic acids is 1. The number of rotatable bonds is 6. The van der Waals surface area contributed by atoms with Crippen LogP contribution >= 0.6 is 0 Å². The molecule has 1 heterocycles. The molecule has 1 fully saturated rings. The Morgan fingerprint density at radius 2 is 2.18 bits per heavy atom. The largest absolute Gasteiger partial charge is 0.481 e. The van der Waals surface area contributed by atoms with Crippen molar-refractivity contribution < 1.29 is 19.4 Å². The Morgan fingerprint density at radius 3 is 2.71 bits per heavy atom. The van der Waals surface area contributed by atoms with Crippen LogP contribution in [0.3, 0.4) is 0 Å². The van der Waals surface area contributed by atoms with E-state index in [1.807, 2.05) is 6.92 Å². The summed E-state index contributed by atoms with van der Waals surface area (Å²) < 4.78 is 5.17. The van der Waals surface area contributed by atoms with Crippen LogP contribution in [0.2, 0.25) is 0 Å². The number of carbonyl (C=O) groups is 2. The first-order chi connectivity index (χ1) is 8.11. The Labute approximate surface area is 101 Å². The number of ether oxygens (including phenoxy) is 1. The normalized spacial score (nSPS) is 23.6. The van der Waals surface area contributed by atoms with Crippen LogP contribution in [0.25, 0.3) is 0 Å². The minimum absolute atomic E-state index is 0.0419. The molecule has 1 rings (SSSR count). The molecule has 2 unspecified atom stereocenters. The number of hydrogen-bond donors (Lipinski definition) is 2. The summed E-state index contributed by atoms with van der Waals surface area (Å²) >= 11 is 0. The van der Waals surface area contributed by atoms with E-state index in [-0.39, 0.29) is 18.6 Å². The highest BCUT2D eigenvalue weighted by Gasteiger charge is 2.39. The summed E-state index contributed by atoms with van der Waals surface area (Å²) in [5.74, 6) is -1.56. The standard InChI is InChI=1S/C11H20N2O4/c1-2-13(10(14)4-3-5-12)9-7-17-6-8(9)11(15)16/h8-9H,2-7,12H2,1H3,(H,15,16). The second-order valence-electron chi connectivity index (χ2n) is 4.12. The molecule has 0 radical (unpaired) electrons. The first-order valence-electron chi connectivity index (χ1n) is 5.91. The highest BCUT2D eigenvalue weighted by atomic mass is 16.5. The maximum absolute atomic E-state index is 11.9. The molecule has 3 N–H and O–H groups in total. The molecule has 1 saturated heterocycles. The van der Waals surface area contributed by atoms with Crippen LogP contribution in [-0.4, -0.2) is 54.2 Å². The van der Waals surface area contributed by atoms with Crippen molar-refractivity contribution in [3.05, 3.63) is 0 Å². The molecule has 17 heavy (non-hydrogen) atoms. The van der Waals surface area contributed by atoms with Crippen molar-refractivity contribution >= 4 is 11.9 Å². The van der Waals surface area contributed by atoms with Gasteiger partial charge in [0, 0.05) is 13.0 Å². The van der Waals surface area contributed by atoms with Gasteiger partial charge < -0.3 is 20.5 Å². The molecule has 0 saturated carbocycles. The summed E-state index contributed by atoms with van der Waals surface area (Å²) in [6.45, 7) is 3.30. The van der Waals surface area contributed by atoms with Gasteiger partial charge in [0.25, 0.3) is 0 Å². The van der Waals surface area contributed by atoms with E-state index in [1.165, 1.54) is 0 Å². The van der Waals surface area contributed by atoms with E-state index in [0.29, 0.717) is 32.5 Å². The molecule has 6 heteroatoms. The van der Waals surface area contributed by atoms with E-state index in [0.717, 1.165) is 0 Å². The van der Waals surface area contributed by atoms with Gasteiger partial charge >= 0.3 is 5.97 Å². The fraction of sp³-hybridized carbons (Fsp3) is 0.818. The van der Waals surface area contributed by atoms with Crippen molar-refractivity contribution in [3.8, 4) is 0 Å². The van der Waals surface area contributed by atoms with Gasteiger partial charge in [0.2, 0.25) is 5.91 Å². The number of nitrogens with two attached hydrogens (primary N) is 1. The molecule has 0 aromatic rings. The smallest absolute Gasteiger partial charge is 0.311 e. The molecule has 0 aromatic carbocycles. The molecule has 0 bridgehead atoms. The Hall–Kier alpha value is -1.14. The topological polar surface area (TPSA) is 92.9 Å². The van der Waals surface area contributed by atoms with Crippen LogP contribution < -0.4 is 5.73 Å². The number of likely N-dealkylation sites (N-methyl/N-ethyl adjacent to an activating group) is 1. The maximum atomic E-state index is 11.9. The van der Waals surface area contributed by atoms with Gasteiger partial charge in [0.15, 0.2) is 0 Å². The summed E-state index contributed by atoms with van der Waals surface area (Å²) in [4.78, 5) is 24.5. The molecule has 0 aromatic heterocycles. The zero-order valence-corrected chi connectivity index (χ0v) is 10.1. The lowest BCUT2D eigenvalue weighted by Crippen LogP contribution is -2.46. The Morgan fingerprint density at radius 1 is 1.47 bits per heavy atom. The van der Waals surface area contributed by atoms with Crippen LogP contribution in [0, 0.1) is 5.92 Å². The van der Waals surface area contributed by atoms with Gasteiger partial charge in [-0.15, -0.1) is 0 Å². The van der Waals surface area contributed by atoms with Crippen molar-refractivity contribution in [2.24, 2.45) is 11.7 Å². The Balaban J connectivity index is 2.65. The highest BCUT2D eigenvalue weighted by Crippen LogP contribution is 2.20. The van der Waals surface area contributed by atoms with Crippen LogP contribution in [0.4, 0.5) is 0 Å². The molecular formula is C11H20N2O4. The molecule has 2 atom stereocenters. The number of carbonyl (C=O) groups excluding carboxylic acids is 1. The van der Waals surface area contributed by atoms with Crippen LogP contribution in [0.15, 0.2) is 0 Å². The fourth-order valence-corrected chi connectivity index (χ4v) is 2.08. The highest BCUT2D eigenvalue weighted by molar-refractivity contribution is 5.78. The van der Waals surface area contributed by atoms with Crippen LogP contribution in [-0.2, 0) is 14.3 Å². The van der Waals surface area contributed by atoms with Gasteiger partial charge in [-0.1, -0.05) is 0 Å². The van der Waals surface area contributed by atoms with E-state index in [1.54, 1.807) is 4.90 Å². The number of hydrogen-bond acceptors (Lipinski definition) is 4. The van der Waals surface area contributed by atoms with Gasteiger partial charge in [-0.2, -0.15) is 0 Å². The van der Waals surface area contributed by atoms with Crippen molar-refractivity contribution in [1.29, 1.82) is 0 Å². The summed E-state index contributed by atoms with van der Waals surface area (Å²) in [5, 5.41) is 9.05. The third-order valence-electron chi connectivity index (χ3n) is 3.02. The lowest BCUT2D eigenvalue weighted by atomic mass is 10.0. The minimum Gasteiger partial charge on any atom is -0.481 e. The predicted molar refractivity (Wildman–Crippen MR) is 61.4 cm³/mol. The molecule has 98 valence electrons. The third kappa shape index (κ3) is 3.41. The quantitative estimate of drug-likeness (QED) is 0.667. The summed E-state index contributed by atoms with van der Waals surface area (Å²) in [6.07, 6.45) is 0.994. The second kappa shape index (κ2) is 6.56. The fourth-order valence-electron chi connectivity index (χ4n) is 2.08. The monoisotopic (exact) mass is 244 g/mol. The van der Waals surface area contributed by atoms with Gasteiger partial charge in [-0.05, 0) is 19.9 Å². The lowest BCUT2D eigenvalue weighted by Gasteiger charge is -2.29. The average molecular weight is 244 g/mol. The molecule has 1 aliphatic heterocycles. The summed E-state index contributed by atoms with van der Waals surface area (Å²) in [5.41, 5.74) is 5.36. The minimum atomic E-state index is -0.905. The molecule has 0 spiro atoms. The van der Waals surface area contributed by atoms with Crippen molar-refractivity contribution in [3.63, 3.8) is 0 Å². The zero-order chi connectivity index (χ0) is 12.8. The van der Waals surface area contributed by atoms with Crippen molar-refractivity contribution in [1.82, 2.24) is 4.90 Å². The van der Waals surface area contributed by atoms with Gasteiger partial charge in [0.05, 0.1) is 19.3 Å². The van der Waals surface area contributed by atoms with E-state index in [9.17, 15) is 9.59 Å². The van der Waals surface area contributed by atoms with E-state index in [2.05, 4.69) is 0 Å². The second-order valence-corrected chi connectivity index (χ2v) is 4.12. The number of amides is 1. The van der Waals surface area contributed by atoms with Crippen LogP contribution in [0.1, 0.15) is 19.8 Å². The Kier molecular flexibility index (Phi) is 5.37. The first-order valence-corrected chi connectivity index (χ1v) is 5.91.